The van der Waals surface area contributed by atoms with Gasteiger partial charge in [-0.2, -0.15) is 0 Å². The molecule has 1 atom stereocenters. The molecule has 1 aliphatic heterocycles. The number of β-amino-alcohol motifs (C(OH)–C–C–N with tert-alkyl or cyclic N) is 1. The minimum Gasteiger partial charge on any atom is -0.390 e. The van der Waals surface area contributed by atoms with Crippen molar-refractivity contribution in [2.75, 3.05) is 46.4 Å². The first-order chi connectivity index (χ1) is 7.09. The van der Waals surface area contributed by atoms with Crippen molar-refractivity contribution in [2.45, 2.75) is 26.0 Å². The Morgan fingerprint density at radius 2 is 1.93 bits per heavy atom. The highest BCUT2D eigenvalue weighted by molar-refractivity contribution is 4.71. The maximum Gasteiger partial charge on any atom is 0.0793 e. The van der Waals surface area contributed by atoms with Crippen molar-refractivity contribution in [1.82, 2.24) is 9.80 Å². The van der Waals surface area contributed by atoms with Gasteiger partial charge in [0, 0.05) is 32.2 Å². The Hall–Kier alpha value is -0.160. The van der Waals surface area contributed by atoms with Gasteiger partial charge in [-0.05, 0) is 20.9 Å². The molecule has 0 bridgehead atoms. The van der Waals surface area contributed by atoms with E-state index < -0.39 is 0 Å². The van der Waals surface area contributed by atoms with Gasteiger partial charge in [-0.15, -0.1) is 0 Å². The number of morpholine rings is 1. The molecule has 1 heterocycles. The van der Waals surface area contributed by atoms with E-state index in [-0.39, 0.29) is 6.10 Å². The minimum absolute atomic E-state index is 0.254. The molecule has 1 rings (SSSR count). The van der Waals surface area contributed by atoms with Gasteiger partial charge >= 0.3 is 0 Å². The molecular weight excluding hydrogens is 192 g/mol. The van der Waals surface area contributed by atoms with Crippen LogP contribution in [0.5, 0.6) is 0 Å². The van der Waals surface area contributed by atoms with Crippen LogP contribution >= 0.6 is 0 Å². The zero-order valence-corrected chi connectivity index (χ0v) is 10.1. The summed E-state index contributed by atoms with van der Waals surface area (Å²) >= 11 is 0. The second-order valence-electron chi connectivity index (χ2n) is 4.60. The third-order valence-corrected chi connectivity index (χ3v) is 2.95. The summed E-state index contributed by atoms with van der Waals surface area (Å²) in [5, 5.41) is 9.90. The maximum absolute atomic E-state index is 9.90. The fourth-order valence-electron chi connectivity index (χ4n) is 1.68. The molecule has 1 aliphatic rings. The summed E-state index contributed by atoms with van der Waals surface area (Å²) in [6.45, 7) is 9.28. The standard InChI is InChI=1S/C11H24N2O2/c1-10(2)12(3)8-11(14)9-13-4-6-15-7-5-13/h10-11,14H,4-9H2,1-3H3. The van der Waals surface area contributed by atoms with Gasteiger partial charge in [0.1, 0.15) is 0 Å². The molecule has 1 unspecified atom stereocenters. The summed E-state index contributed by atoms with van der Waals surface area (Å²) in [6.07, 6.45) is -0.254. The maximum atomic E-state index is 9.90. The summed E-state index contributed by atoms with van der Waals surface area (Å²) < 4.78 is 5.27. The van der Waals surface area contributed by atoms with Crippen LogP contribution in [0.25, 0.3) is 0 Å². The second-order valence-corrected chi connectivity index (χ2v) is 4.60. The topological polar surface area (TPSA) is 35.9 Å². The first-order valence-electron chi connectivity index (χ1n) is 5.78. The van der Waals surface area contributed by atoms with Crippen molar-refractivity contribution in [3.63, 3.8) is 0 Å². The number of rotatable bonds is 5. The highest BCUT2D eigenvalue weighted by Crippen LogP contribution is 2.01. The number of aliphatic hydroxyl groups excluding tert-OH is 1. The third kappa shape index (κ3) is 4.93. The lowest BCUT2D eigenvalue weighted by Crippen LogP contribution is -2.45. The van der Waals surface area contributed by atoms with Crippen LogP contribution in [0.3, 0.4) is 0 Å². The Balaban J connectivity index is 2.19. The van der Waals surface area contributed by atoms with E-state index in [0.29, 0.717) is 6.04 Å². The largest absolute Gasteiger partial charge is 0.390 e. The van der Waals surface area contributed by atoms with E-state index in [0.717, 1.165) is 39.4 Å². The van der Waals surface area contributed by atoms with Crippen LogP contribution in [0, 0.1) is 0 Å². The van der Waals surface area contributed by atoms with Crippen LogP contribution in [0.15, 0.2) is 0 Å². The van der Waals surface area contributed by atoms with E-state index in [1.54, 1.807) is 0 Å². The van der Waals surface area contributed by atoms with Crippen LogP contribution in [0.4, 0.5) is 0 Å². The molecule has 4 heteroatoms. The van der Waals surface area contributed by atoms with Crippen molar-refractivity contribution in [3.05, 3.63) is 0 Å². The zero-order chi connectivity index (χ0) is 11.3. The van der Waals surface area contributed by atoms with Gasteiger partial charge in [-0.3, -0.25) is 4.90 Å². The van der Waals surface area contributed by atoms with Crippen LogP contribution in [0.2, 0.25) is 0 Å². The predicted molar refractivity (Wildman–Crippen MR) is 61.0 cm³/mol. The number of aliphatic hydroxyl groups is 1. The normalized spacial score (nSPS) is 21.2. The average Bonchev–Trinajstić information content (AvgIpc) is 2.18. The van der Waals surface area contributed by atoms with Gasteiger partial charge in [0.05, 0.1) is 19.3 Å². The highest BCUT2D eigenvalue weighted by atomic mass is 16.5. The van der Waals surface area contributed by atoms with Gasteiger partial charge < -0.3 is 14.7 Å². The molecule has 0 aromatic carbocycles. The van der Waals surface area contributed by atoms with Crippen molar-refractivity contribution in [1.29, 1.82) is 0 Å². The Morgan fingerprint density at radius 3 is 2.47 bits per heavy atom. The fraction of sp³-hybridized carbons (Fsp3) is 1.00. The number of nitrogens with zero attached hydrogens (tertiary/aromatic N) is 2. The molecular formula is C11H24N2O2. The Morgan fingerprint density at radius 1 is 1.33 bits per heavy atom. The summed E-state index contributed by atoms with van der Waals surface area (Å²) in [5.74, 6) is 0. The minimum atomic E-state index is -0.254. The van der Waals surface area contributed by atoms with Crippen molar-refractivity contribution in [2.24, 2.45) is 0 Å². The summed E-state index contributed by atoms with van der Waals surface area (Å²) in [7, 11) is 2.05. The lowest BCUT2D eigenvalue weighted by atomic mass is 10.2. The van der Waals surface area contributed by atoms with E-state index in [4.69, 9.17) is 4.74 Å². The van der Waals surface area contributed by atoms with Crippen molar-refractivity contribution in [3.8, 4) is 0 Å². The van der Waals surface area contributed by atoms with E-state index >= 15 is 0 Å². The molecule has 0 aromatic heterocycles. The molecule has 0 saturated carbocycles. The van der Waals surface area contributed by atoms with Gasteiger partial charge in [0.15, 0.2) is 0 Å². The van der Waals surface area contributed by atoms with Crippen LogP contribution in [-0.2, 0) is 4.74 Å². The Kier molecular flexibility index (Phi) is 5.53. The molecule has 90 valence electrons. The number of hydrogen-bond acceptors (Lipinski definition) is 4. The summed E-state index contributed by atoms with van der Waals surface area (Å²) in [5.41, 5.74) is 0. The van der Waals surface area contributed by atoms with Crippen LogP contribution in [-0.4, -0.2) is 73.5 Å². The van der Waals surface area contributed by atoms with Gasteiger partial charge in [-0.1, -0.05) is 0 Å². The van der Waals surface area contributed by atoms with Gasteiger partial charge in [0.2, 0.25) is 0 Å². The lowest BCUT2D eigenvalue weighted by Gasteiger charge is -2.31. The summed E-state index contributed by atoms with van der Waals surface area (Å²) in [6, 6.07) is 0.490. The van der Waals surface area contributed by atoms with Gasteiger partial charge in [0.25, 0.3) is 0 Å². The zero-order valence-electron chi connectivity index (χ0n) is 10.1. The predicted octanol–water partition coefficient (Wildman–Crippen LogP) is 0.0197. The Bertz CT molecular complexity index is 170. The first kappa shape index (κ1) is 12.9. The van der Waals surface area contributed by atoms with Gasteiger partial charge in [-0.25, -0.2) is 0 Å². The van der Waals surface area contributed by atoms with E-state index in [1.807, 2.05) is 7.05 Å². The number of hydrogen-bond donors (Lipinski definition) is 1. The van der Waals surface area contributed by atoms with Crippen LogP contribution < -0.4 is 0 Å². The second kappa shape index (κ2) is 6.43. The van der Waals surface area contributed by atoms with E-state index in [1.165, 1.54) is 0 Å². The molecule has 0 radical (unpaired) electrons. The Labute approximate surface area is 92.8 Å². The molecule has 0 amide bonds. The highest BCUT2D eigenvalue weighted by Gasteiger charge is 2.16. The molecule has 1 saturated heterocycles. The molecule has 15 heavy (non-hydrogen) atoms. The molecule has 0 aromatic rings. The monoisotopic (exact) mass is 216 g/mol. The fourth-order valence-corrected chi connectivity index (χ4v) is 1.68. The molecule has 1 N–H and O–H groups in total. The molecule has 0 aliphatic carbocycles. The van der Waals surface area contributed by atoms with E-state index in [9.17, 15) is 5.11 Å². The smallest absolute Gasteiger partial charge is 0.0793 e. The molecule has 4 nitrogen and oxygen atoms in total. The number of likely N-dealkylation sites (N-methyl/N-ethyl adjacent to an activating group) is 1. The molecule has 1 fully saturated rings. The lowest BCUT2D eigenvalue weighted by molar-refractivity contribution is 0.00683. The average molecular weight is 216 g/mol. The first-order valence-corrected chi connectivity index (χ1v) is 5.78. The third-order valence-electron chi connectivity index (χ3n) is 2.95. The SMILES string of the molecule is CC(C)N(C)CC(O)CN1CCOCC1. The van der Waals surface area contributed by atoms with E-state index in [2.05, 4.69) is 23.6 Å². The summed E-state index contributed by atoms with van der Waals surface area (Å²) in [4.78, 5) is 4.44. The quantitative estimate of drug-likeness (QED) is 0.703. The molecule has 0 spiro atoms. The number of ether oxygens (including phenoxy) is 1. The van der Waals surface area contributed by atoms with Crippen molar-refractivity contribution < 1.29 is 9.84 Å². The van der Waals surface area contributed by atoms with Crippen molar-refractivity contribution >= 4 is 0 Å². The van der Waals surface area contributed by atoms with Crippen LogP contribution in [0.1, 0.15) is 13.8 Å².